The first-order chi connectivity index (χ1) is 9.91. The molecule has 0 amide bonds. The van der Waals surface area contributed by atoms with Gasteiger partial charge in [0.25, 0.3) is 0 Å². The topological polar surface area (TPSA) is 20.2 Å². The summed E-state index contributed by atoms with van der Waals surface area (Å²) in [5.74, 6) is 6.52. The summed E-state index contributed by atoms with van der Waals surface area (Å²) in [6.07, 6.45) is 19.2. The van der Waals surface area contributed by atoms with Gasteiger partial charge in [-0.05, 0) is 19.3 Å². The molecule has 0 rings (SSSR count). The van der Waals surface area contributed by atoms with Crippen molar-refractivity contribution in [1.29, 1.82) is 0 Å². The van der Waals surface area contributed by atoms with Gasteiger partial charge in [0.15, 0.2) is 0 Å². The average molecular weight is 280 g/mol. The molecule has 0 aromatic rings. The highest BCUT2D eigenvalue weighted by molar-refractivity contribution is 4.98. The highest BCUT2D eigenvalue weighted by atomic mass is 16.2. The number of rotatable bonds is 14. The molecule has 0 saturated carbocycles. The van der Waals surface area contributed by atoms with Crippen LogP contribution in [-0.2, 0) is 0 Å². The molecule has 0 saturated heterocycles. The third-order valence-electron chi connectivity index (χ3n) is 3.74. The van der Waals surface area contributed by atoms with Gasteiger partial charge in [-0.15, -0.1) is 11.8 Å². The third kappa shape index (κ3) is 17.5. The first kappa shape index (κ1) is 19.5. The van der Waals surface area contributed by atoms with Crippen molar-refractivity contribution in [3.63, 3.8) is 0 Å². The van der Waals surface area contributed by atoms with Gasteiger partial charge in [-0.1, -0.05) is 71.1 Å². The molecule has 0 unspecified atom stereocenters. The second-order valence-electron chi connectivity index (χ2n) is 5.82. The Bertz CT molecular complexity index is 224. The maximum Gasteiger partial charge on any atom is 0.0431 e. The lowest BCUT2D eigenvalue weighted by Gasteiger charge is -2.00. The molecule has 0 atom stereocenters. The van der Waals surface area contributed by atoms with E-state index in [2.05, 4.69) is 18.8 Å². The zero-order chi connectivity index (χ0) is 14.7. The Morgan fingerprint density at radius 2 is 0.950 bits per heavy atom. The minimum atomic E-state index is 0.325. The summed E-state index contributed by atoms with van der Waals surface area (Å²) >= 11 is 0. The first-order valence-corrected chi connectivity index (χ1v) is 8.98. The van der Waals surface area contributed by atoms with Crippen LogP contribution in [0.4, 0.5) is 0 Å². The number of unbranched alkanes of at least 4 members (excludes halogenated alkanes) is 13. The highest BCUT2D eigenvalue weighted by Crippen LogP contribution is 2.11. The molecule has 1 N–H and O–H groups in total. The Labute approximate surface area is 127 Å². The lowest BCUT2D eigenvalue weighted by atomic mass is 10.1. The van der Waals surface area contributed by atoms with Gasteiger partial charge in [0.2, 0.25) is 0 Å². The molecule has 0 aliphatic carbocycles. The van der Waals surface area contributed by atoms with Gasteiger partial charge < -0.3 is 5.11 Å². The fourth-order valence-corrected chi connectivity index (χ4v) is 2.38. The zero-order valence-corrected chi connectivity index (χ0v) is 13.8. The smallest absolute Gasteiger partial charge is 0.0431 e. The van der Waals surface area contributed by atoms with E-state index in [-0.39, 0.29) is 0 Å². The van der Waals surface area contributed by atoms with Gasteiger partial charge in [-0.3, -0.25) is 0 Å². The molecule has 1 heteroatoms. The SMILES string of the molecule is CCCCCCCCCCCCC#CCCCCCO. The standard InChI is InChI=1S/C19H36O/c1-2-3-4-5-6-7-8-9-10-11-12-13-14-15-16-17-18-19-20/h20H,2-12,15-19H2,1H3. The molecule has 0 aromatic carbocycles. The summed E-state index contributed by atoms with van der Waals surface area (Å²) in [6.45, 7) is 2.60. The normalized spacial score (nSPS) is 10.3. The van der Waals surface area contributed by atoms with Crippen molar-refractivity contribution < 1.29 is 5.11 Å². The van der Waals surface area contributed by atoms with Crippen LogP contribution in [0.1, 0.15) is 103 Å². The Kier molecular flexibility index (Phi) is 18.1. The van der Waals surface area contributed by atoms with Crippen LogP contribution in [0, 0.1) is 11.8 Å². The van der Waals surface area contributed by atoms with Gasteiger partial charge in [0.1, 0.15) is 0 Å². The molecule has 0 bridgehead atoms. The maximum absolute atomic E-state index is 8.65. The number of aliphatic hydroxyl groups excluding tert-OH is 1. The molecule has 118 valence electrons. The van der Waals surface area contributed by atoms with Crippen molar-refractivity contribution in [2.75, 3.05) is 6.61 Å². The van der Waals surface area contributed by atoms with E-state index < -0.39 is 0 Å². The van der Waals surface area contributed by atoms with Gasteiger partial charge in [-0.25, -0.2) is 0 Å². The molecule has 0 aliphatic heterocycles. The molecule has 0 aliphatic rings. The molecule has 0 spiro atoms. The minimum absolute atomic E-state index is 0.325. The number of hydrogen-bond donors (Lipinski definition) is 1. The molecule has 0 heterocycles. The van der Waals surface area contributed by atoms with Crippen LogP contribution < -0.4 is 0 Å². The summed E-state index contributed by atoms with van der Waals surface area (Å²) in [6, 6.07) is 0. The lowest BCUT2D eigenvalue weighted by Crippen LogP contribution is -1.82. The Morgan fingerprint density at radius 1 is 0.550 bits per heavy atom. The summed E-state index contributed by atoms with van der Waals surface area (Å²) < 4.78 is 0. The van der Waals surface area contributed by atoms with Crippen LogP contribution in [0.5, 0.6) is 0 Å². The average Bonchev–Trinajstić information content (AvgIpc) is 2.47. The maximum atomic E-state index is 8.65. The van der Waals surface area contributed by atoms with E-state index in [9.17, 15) is 0 Å². The Morgan fingerprint density at radius 3 is 1.40 bits per heavy atom. The number of hydrogen-bond acceptors (Lipinski definition) is 1. The van der Waals surface area contributed by atoms with Crippen LogP contribution in [-0.4, -0.2) is 11.7 Å². The number of aliphatic hydroxyl groups is 1. The fraction of sp³-hybridized carbons (Fsp3) is 0.895. The van der Waals surface area contributed by atoms with Crippen LogP contribution in [0.15, 0.2) is 0 Å². The van der Waals surface area contributed by atoms with Crippen molar-refractivity contribution >= 4 is 0 Å². The summed E-state index contributed by atoms with van der Waals surface area (Å²) in [5.41, 5.74) is 0. The third-order valence-corrected chi connectivity index (χ3v) is 3.74. The summed E-state index contributed by atoms with van der Waals surface area (Å²) in [7, 11) is 0. The minimum Gasteiger partial charge on any atom is -0.396 e. The predicted molar refractivity (Wildman–Crippen MR) is 89.8 cm³/mol. The summed E-state index contributed by atoms with van der Waals surface area (Å²) in [5, 5.41) is 8.65. The van der Waals surface area contributed by atoms with Crippen LogP contribution >= 0.6 is 0 Å². The molecule has 1 nitrogen and oxygen atoms in total. The van der Waals surface area contributed by atoms with Gasteiger partial charge >= 0.3 is 0 Å². The molecular weight excluding hydrogens is 244 g/mol. The lowest BCUT2D eigenvalue weighted by molar-refractivity contribution is 0.283. The van der Waals surface area contributed by atoms with Gasteiger partial charge in [-0.2, -0.15) is 0 Å². The monoisotopic (exact) mass is 280 g/mol. The van der Waals surface area contributed by atoms with E-state index in [1.165, 1.54) is 64.2 Å². The highest BCUT2D eigenvalue weighted by Gasteiger charge is 1.91. The van der Waals surface area contributed by atoms with Crippen molar-refractivity contribution in [1.82, 2.24) is 0 Å². The largest absolute Gasteiger partial charge is 0.396 e. The van der Waals surface area contributed by atoms with Gasteiger partial charge in [0, 0.05) is 19.4 Å². The van der Waals surface area contributed by atoms with Crippen LogP contribution in [0.3, 0.4) is 0 Å². The second-order valence-corrected chi connectivity index (χ2v) is 5.82. The van der Waals surface area contributed by atoms with Crippen molar-refractivity contribution in [2.45, 2.75) is 103 Å². The van der Waals surface area contributed by atoms with Gasteiger partial charge in [0.05, 0.1) is 0 Å². The first-order valence-electron chi connectivity index (χ1n) is 8.98. The van der Waals surface area contributed by atoms with E-state index in [1.54, 1.807) is 0 Å². The van der Waals surface area contributed by atoms with Crippen molar-refractivity contribution in [3.05, 3.63) is 0 Å². The Hall–Kier alpha value is -0.480. The quantitative estimate of drug-likeness (QED) is 0.312. The van der Waals surface area contributed by atoms with Crippen LogP contribution in [0.25, 0.3) is 0 Å². The van der Waals surface area contributed by atoms with E-state index in [0.717, 1.165) is 32.1 Å². The molecule has 0 radical (unpaired) electrons. The van der Waals surface area contributed by atoms with E-state index in [1.807, 2.05) is 0 Å². The van der Waals surface area contributed by atoms with Crippen LogP contribution in [0.2, 0.25) is 0 Å². The molecule has 0 fully saturated rings. The molecular formula is C19H36O. The predicted octanol–water partition coefficient (Wildman–Crippen LogP) is 5.85. The van der Waals surface area contributed by atoms with E-state index in [4.69, 9.17) is 5.11 Å². The van der Waals surface area contributed by atoms with E-state index >= 15 is 0 Å². The molecule has 0 aromatic heterocycles. The Balaban J connectivity index is 3.04. The molecule has 20 heavy (non-hydrogen) atoms. The van der Waals surface area contributed by atoms with Crippen molar-refractivity contribution in [2.24, 2.45) is 0 Å². The summed E-state index contributed by atoms with van der Waals surface area (Å²) in [4.78, 5) is 0. The zero-order valence-electron chi connectivity index (χ0n) is 13.8. The fourth-order valence-electron chi connectivity index (χ4n) is 2.38. The second kappa shape index (κ2) is 18.5. The van der Waals surface area contributed by atoms with E-state index in [0.29, 0.717) is 6.61 Å². The van der Waals surface area contributed by atoms with Crippen molar-refractivity contribution in [3.8, 4) is 11.8 Å².